The predicted molar refractivity (Wildman–Crippen MR) is 121 cm³/mol. The van der Waals surface area contributed by atoms with Crippen molar-refractivity contribution < 1.29 is 22.8 Å². The summed E-state index contributed by atoms with van der Waals surface area (Å²) in [4.78, 5) is 28.1. The number of piperidine rings is 1. The molecule has 1 aromatic heterocycles. The number of alkyl halides is 3. The number of rotatable bonds is 2. The van der Waals surface area contributed by atoms with Gasteiger partial charge in [0, 0.05) is 32.1 Å². The zero-order chi connectivity index (χ0) is 23.2. The molecule has 11 heteroatoms. The molecule has 0 bridgehead atoms. The molecule has 4 rings (SSSR count). The Morgan fingerprint density at radius 1 is 1.12 bits per heavy atom. The van der Waals surface area contributed by atoms with Crippen molar-refractivity contribution in [3.8, 4) is 0 Å². The highest BCUT2D eigenvalue weighted by Crippen LogP contribution is 2.38. The fraction of sp³-hybridized carbons (Fsp3) is 0.476. The molecule has 2 aromatic rings. The van der Waals surface area contributed by atoms with Gasteiger partial charge in [0.05, 0.1) is 17.8 Å². The number of hydrogen-bond acceptors (Lipinski definition) is 3. The van der Waals surface area contributed by atoms with E-state index < -0.39 is 11.7 Å². The fourth-order valence-corrected chi connectivity index (χ4v) is 5.74. The monoisotopic (exact) mass is 484 g/mol. The van der Waals surface area contributed by atoms with Gasteiger partial charge >= 0.3 is 6.18 Å². The van der Waals surface area contributed by atoms with Gasteiger partial charge < -0.3 is 9.80 Å². The molecule has 1 N–H and O–H groups in total. The Morgan fingerprint density at radius 3 is 2.44 bits per heavy atom. The van der Waals surface area contributed by atoms with Crippen LogP contribution in [0.5, 0.6) is 0 Å². The van der Waals surface area contributed by atoms with Crippen molar-refractivity contribution in [2.45, 2.75) is 44.8 Å². The number of carbonyl (C=O) groups excluding carboxylic acids is 2. The molecule has 172 valence electrons. The van der Waals surface area contributed by atoms with Crippen LogP contribution in [0.4, 0.5) is 13.2 Å². The quantitative estimate of drug-likeness (QED) is 0.666. The summed E-state index contributed by atoms with van der Waals surface area (Å²) in [7, 11) is 4.66. The number of fused-ring (bicyclic) bond motifs is 1. The minimum absolute atomic E-state index is 0.0263. The normalized spacial score (nSPS) is 17.4. The summed E-state index contributed by atoms with van der Waals surface area (Å²) in [5.41, 5.74) is 1.66. The molecule has 1 saturated heterocycles. The summed E-state index contributed by atoms with van der Waals surface area (Å²) in [6.07, 6.45) is -2.97. The van der Waals surface area contributed by atoms with E-state index in [4.69, 9.17) is 0 Å². The molecule has 2 aliphatic heterocycles. The van der Waals surface area contributed by atoms with Gasteiger partial charge in [-0.25, -0.2) is 0 Å². The van der Waals surface area contributed by atoms with Crippen LogP contribution in [0.25, 0.3) is 0 Å². The molecule has 0 saturated carbocycles. The summed E-state index contributed by atoms with van der Waals surface area (Å²) in [6.45, 7) is 3.18. The van der Waals surface area contributed by atoms with E-state index in [2.05, 4.69) is 28.7 Å². The number of halogens is 3. The number of nitrogens with zero attached hydrogens (tertiary/aromatic N) is 3. The molecule has 3 heterocycles. The first-order chi connectivity index (χ1) is 15.1. The summed E-state index contributed by atoms with van der Waals surface area (Å²) < 4.78 is 41.1. The Hall–Kier alpha value is -1.98. The van der Waals surface area contributed by atoms with Gasteiger partial charge in [0.15, 0.2) is 5.69 Å². The van der Waals surface area contributed by atoms with Gasteiger partial charge in [-0.2, -0.15) is 18.3 Å². The van der Waals surface area contributed by atoms with Gasteiger partial charge in [0.2, 0.25) is 5.91 Å². The molecular formula is C21H25F3N4O2P2. The average Bonchev–Trinajstić information content (AvgIpc) is 3.15. The molecular weight excluding hydrogens is 459 g/mol. The number of aromatic amines is 1. The number of carbonyl (C=O) groups is 2. The highest BCUT2D eigenvalue weighted by Gasteiger charge is 2.38. The molecule has 0 spiro atoms. The van der Waals surface area contributed by atoms with E-state index in [1.54, 1.807) is 15.9 Å². The van der Waals surface area contributed by atoms with Crippen molar-refractivity contribution in [2.75, 3.05) is 19.6 Å². The number of likely N-dealkylation sites (tertiary alicyclic amines) is 1. The number of nitrogens with one attached hydrogen (secondary N) is 1. The van der Waals surface area contributed by atoms with Gasteiger partial charge in [-0.15, -0.1) is 18.5 Å². The highest BCUT2D eigenvalue weighted by molar-refractivity contribution is 7.29. The van der Waals surface area contributed by atoms with Crippen molar-refractivity contribution in [1.29, 1.82) is 0 Å². The van der Waals surface area contributed by atoms with Gasteiger partial charge in [-0.05, 0) is 47.4 Å². The summed E-state index contributed by atoms with van der Waals surface area (Å²) in [6, 6.07) is 3.09. The molecule has 1 aromatic carbocycles. The van der Waals surface area contributed by atoms with Crippen molar-refractivity contribution >= 4 is 40.9 Å². The van der Waals surface area contributed by atoms with Crippen LogP contribution in [0.2, 0.25) is 0 Å². The van der Waals surface area contributed by atoms with Crippen LogP contribution in [0.3, 0.4) is 0 Å². The van der Waals surface area contributed by atoms with E-state index >= 15 is 0 Å². The average molecular weight is 484 g/mol. The summed E-state index contributed by atoms with van der Waals surface area (Å²) in [5.74, 6) is -0.505. The minimum atomic E-state index is -4.43. The smallest absolute Gasteiger partial charge is 0.337 e. The van der Waals surface area contributed by atoms with Crippen LogP contribution in [0.15, 0.2) is 12.1 Å². The first-order valence-corrected chi connectivity index (χ1v) is 11.6. The number of hydrogen-bond donors (Lipinski definition) is 1. The lowest BCUT2D eigenvalue weighted by Crippen LogP contribution is -2.40. The van der Waals surface area contributed by atoms with E-state index in [1.165, 1.54) is 13.0 Å². The summed E-state index contributed by atoms with van der Waals surface area (Å²) in [5, 5.41) is 7.93. The first kappa shape index (κ1) is 23.2. The van der Waals surface area contributed by atoms with Crippen molar-refractivity contribution in [3.05, 3.63) is 40.2 Å². The third-order valence-electron chi connectivity index (χ3n) is 6.31. The lowest BCUT2D eigenvalue weighted by atomic mass is 9.86. The van der Waals surface area contributed by atoms with Crippen LogP contribution < -0.4 is 10.6 Å². The van der Waals surface area contributed by atoms with E-state index in [-0.39, 0.29) is 23.0 Å². The minimum Gasteiger partial charge on any atom is -0.337 e. The number of benzene rings is 1. The third-order valence-corrected chi connectivity index (χ3v) is 7.10. The van der Waals surface area contributed by atoms with Gasteiger partial charge in [0.1, 0.15) is 0 Å². The SMILES string of the molecule is CC(=O)N1CCc2c(C(=O)N3CCC(c4cc(P)cc(P)c4C(F)(F)F)CC3)n[nH]c2C1. The van der Waals surface area contributed by atoms with E-state index in [9.17, 15) is 22.8 Å². The second kappa shape index (κ2) is 8.75. The van der Waals surface area contributed by atoms with Crippen LogP contribution in [0, 0.1) is 0 Å². The Bertz CT molecular complexity index is 1060. The lowest BCUT2D eigenvalue weighted by Gasteiger charge is -2.34. The third kappa shape index (κ3) is 4.42. The molecule has 6 nitrogen and oxygen atoms in total. The zero-order valence-corrected chi connectivity index (χ0v) is 19.9. The van der Waals surface area contributed by atoms with Gasteiger partial charge in [-0.3, -0.25) is 14.7 Å². The van der Waals surface area contributed by atoms with E-state index in [0.29, 0.717) is 62.0 Å². The maximum Gasteiger partial charge on any atom is 0.417 e. The molecule has 0 aliphatic carbocycles. The molecule has 2 atom stereocenters. The van der Waals surface area contributed by atoms with Gasteiger partial charge in [-0.1, -0.05) is 6.07 Å². The Balaban J connectivity index is 1.49. The Labute approximate surface area is 188 Å². The standard InChI is InChI=1S/C21H25F3N4O2P2/c1-11(29)28-7-4-14-16(10-28)25-26-19(14)20(30)27-5-2-12(3-6-27)15-8-13(31)9-17(32)18(15)21(22,23)24/h8-9,12H,2-7,10,31-32H2,1H3,(H,25,26). The van der Waals surface area contributed by atoms with Crippen molar-refractivity contribution in [2.24, 2.45) is 0 Å². The second-order valence-corrected chi connectivity index (χ2v) is 9.65. The molecule has 32 heavy (non-hydrogen) atoms. The topological polar surface area (TPSA) is 69.3 Å². The Kier molecular flexibility index (Phi) is 6.34. The molecule has 2 amide bonds. The summed E-state index contributed by atoms with van der Waals surface area (Å²) >= 11 is 0. The lowest BCUT2D eigenvalue weighted by molar-refractivity contribution is -0.137. The maximum absolute atomic E-state index is 13.7. The largest absolute Gasteiger partial charge is 0.417 e. The van der Waals surface area contributed by atoms with E-state index in [0.717, 1.165) is 11.3 Å². The Morgan fingerprint density at radius 2 is 1.81 bits per heavy atom. The second-order valence-electron chi connectivity index (χ2n) is 8.36. The molecule has 2 aliphatic rings. The fourth-order valence-electron chi connectivity index (χ4n) is 4.67. The molecule has 0 radical (unpaired) electrons. The van der Waals surface area contributed by atoms with Gasteiger partial charge in [0.25, 0.3) is 5.91 Å². The number of amides is 2. The zero-order valence-electron chi connectivity index (χ0n) is 17.6. The van der Waals surface area contributed by atoms with Crippen LogP contribution in [0.1, 0.15) is 58.6 Å². The van der Waals surface area contributed by atoms with Crippen molar-refractivity contribution in [1.82, 2.24) is 20.0 Å². The van der Waals surface area contributed by atoms with Crippen LogP contribution >= 0.6 is 18.5 Å². The molecule has 1 fully saturated rings. The van der Waals surface area contributed by atoms with Crippen LogP contribution in [-0.4, -0.2) is 51.4 Å². The predicted octanol–water partition coefficient (Wildman–Crippen LogP) is 2.35. The number of H-pyrrole nitrogens is 1. The molecule has 2 unspecified atom stereocenters. The van der Waals surface area contributed by atoms with Crippen LogP contribution in [-0.2, 0) is 23.9 Å². The van der Waals surface area contributed by atoms with Crippen molar-refractivity contribution in [3.63, 3.8) is 0 Å². The maximum atomic E-state index is 13.7. The highest BCUT2D eigenvalue weighted by atomic mass is 31.0. The first-order valence-electron chi connectivity index (χ1n) is 10.4. The van der Waals surface area contributed by atoms with E-state index in [1.807, 2.05) is 0 Å². The number of aromatic nitrogens is 2.